The van der Waals surface area contributed by atoms with E-state index < -0.39 is 0 Å². The molecule has 0 fully saturated rings. The summed E-state index contributed by atoms with van der Waals surface area (Å²) in [7, 11) is 1.90. The molecule has 5 heteroatoms. The summed E-state index contributed by atoms with van der Waals surface area (Å²) >= 11 is 0. The molecule has 146 valence electrons. The van der Waals surface area contributed by atoms with Gasteiger partial charge in [-0.25, -0.2) is 0 Å². The Hall–Kier alpha value is -3.73. The van der Waals surface area contributed by atoms with E-state index in [-0.39, 0.29) is 18.0 Å². The minimum absolute atomic E-state index is 0.150. The summed E-state index contributed by atoms with van der Waals surface area (Å²) < 4.78 is 7.58. The van der Waals surface area contributed by atoms with E-state index in [4.69, 9.17) is 4.74 Å². The highest BCUT2D eigenvalue weighted by Gasteiger charge is 2.04. The first-order valence-corrected chi connectivity index (χ1v) is 9.26. The molecule has 0 amide bonds. The van der Waals surface area contributed by atoms with Gasteiger partial charge in [-0.1, -0.05) is 24.3 Å². The summed E-state index contributed by atoms with van der Waals surface area (Å²) in [5.41, 5.74) is 2.62. The average molecular weight is 386 g/mol. The Balaban J connectivity index is 1.47. The number of allylic oxidation sites excluding steroid dienone is 2. The van der Waals surface area contributed by atoms with E-state index in [2.05, 4.69) is 4.98 Å². The van der Waals surface area contributed by atoms with Crippen molar-refractivity contribution < 1.29 is 14.3 Å². The zero-order valence-corrected chi connectivity index (χ0v) is 16.2. The number of ether oxygens (including phenoxy) is 1. The van der Waals surface area contributed by atoms with Crippen LogP contribution in [0.3, 0.4) is 0 Å². The van der Waals surface area contributed by atoms with Crippen molar-refractivity contribution in [2.24, 2.45) is 7.05 Å². The highest BCUT2D eigenvalue weighted by atomic mass is 16.5. The van der Waals surface area contributed by atoms with Crippen molar-refractivity contribution in [3.8, 4) is 5.75 Å². The molecular formula is C24H22N2O3. The molecule has 0 N–H and O–H groups in total. The summed E-state index contributed by atoms with van der Waals surface area (Å²) in [5, 5.41) is 0. The van der Waals surface area contributed by atoms with Gasteiger partial charge >= 0.3 is 0 Å². The molecule has 0 spiro atoms. The zero-order valence-electron chi connectivity index (χ0n) is 16.2. The largest absolute Gasteiger partial charge is 0.487 e. The minimum atomic E-state index is -0.234. The van der Waals surface area contributed by atoms with E-state index in [0.717, 1.165) is 22.7 Å². The predicted molar refractivity (Wildman–Crippen MR) is 113 cm³/mol. The molecule has 0 saturated carbocycles. The summed E-state index contributed by atoms with van der Waals surface area (Å²) in [6.07, 6.45) is 9.75. The first-order valence-electron chi connectivity index (χ1n) is 9.26. The molecule has 0 saturated heterocycles. The van der Waals surface area contributed by atoms with E-state index in [0.29, 0.717) is 6.61 Å². The normalized spacial score (nSPS) is 11.2. The number of nitrogens with zero attached hydrogens (tertiary/aromatic N) is 2. The van der Waals surface area contributed by atoms with E-state index >= 15 is 0 Å². The van der Waals surface area contributed by atoms with Gasteiger partial charge in [-0.2, -0.15) is 0 Å². The maximum atomic E-state index is 12.0. The van der Waals surface area contributed by atoms with E-state index in [1.807, 2.05) is 72.4 Å². The fraction of sp³-hybridized carbons (Fsp3) is 0.125. The Bertz CT molecular complexity index is 1020. The number of ketones is 2. The highest BCUT2D eigenvalue weighted by molar-refractivity contribution is 6.10. The summed E-state index contributed by atoms with van der Waals surface area (Å²) in [6.45, 7) is 0.396. The lowest BCUT2D eigenvalue weighted by Crippen LogP contribution is -2.02. The van der Waals surface area contributed by atoms with Crippen LogP contribution < -0.4 is 4.74 Å². The Labute approximate surface area is 170 Å². The molecule has 5 nitrogen and oxygen atoms in total. The number of aryl methyl sites for hydroxylation is 1. The van der Waals surface area contributed by atoms with Crippen LogP contribution >= 0.6 is 0 Å². The number of hydrogen-bond donors (Lipinski definition) is 0. The second kappa shape index (κ2) is 9.99. The quantitative estimate of drug-likeness (QED) is 0.407. The number of hydrogen-bond acceptors (Lipinski definition) is 4. The monoisotopic (exact) mass is 386 g/mol. The van der Waals surface area contributed by atoms with Crippen molar-refractivity contribution >= 4 is 23.7 Å². The number of carbonyl (C=O) groups is 2. The van der Waals surface area contributed by atoms with Crippen LogP contribution in [0.25, 0.3) is 12.2 Å². The van der Waals surface area contributed by atoms with Gasteiger partial charge in [0.15, 0.2) is 11.6 Å². The van der Waals surface area contributed by atoms with Gasteiger partial charge in [-0.15, -0.1) is 0 Å². The number of benzene rings is 1. The van der Waals surface area contributed by atoms with Gasteiger partial charge in [0, 0.05) is 25.1 Å². The highest BCUT2D eigenvalue weighted by Crippen LogP contribution is 2.15. The Morgan fingerprint density at radius 3 is 2.38 bits per heavy atom. The van der Waals surface area contributed by atoms with E-state index in [9.17, 15) is 9.59 Å². The molecule has 1 aromatic carbocycles. The van der Waals surface area contributed by atoms with Crippen molar-refractivity contribution in [1.29, 1.82) is 0 Å². The third-order valence-corrected chi connectivity index (χ3v) is 4.23. The summed E-state index contributed by atoms with van der Waals surface area (Å²) in [5.74, 6) is 0.265. The van der Waals surface area contributed by atoms with Crippen molar-refractivity contribution in [3.63, 3.8) is 0 Å². The number of pyridine rings is 1. The molecular weight excluding hydrogens is 364 g/mol. The first kappa shape index (κ1) is 20.0. The van der Waals surface area contributed by atoms with Crippen LogP contribution in [0.2, 0.25) is 0 Å². The Morgan fingerprint density at radius 2 is 1.72 bits per heavy atom. The van der Waals surface area contributed by atoms with Crippen molar-refractivity contribution in [2.75, 3.05) is 0 Å². The molecule has 29 heavy (non-hydrogen) atoms. The molecule has 0 aliphatic rings. The van der Waals surface area contributed by atoms with E-state index in [1.165, 1.54) is 12.2 Å². The van der Waals surface area contributed by atoms with Crippen LogP contribution in [0.4, 0.5) is 0 Å². The van der Waals surface area contributed by atoms with Gasteiger partial charge in [0.25, 0.3) is 0 Å². The maximum absolute atomic E-state index is 12.0. The van der Waals surface area contributed by atoms with Crippen molar-refractivity contribution in [1.82, 2.24) is 9.55 Å². The van der Waals surface area contributed by atoms with Gasteiger partial charge in [0.05, 0.1) is 12.1 Å². The van der Waals surface area contributed by atoms with Gasteiger partial charge < -0.3 is 9.30 Å². The average Bonchev–Trinajstić information content (AvgIpc) is 3.15. The van der Waals surface area contributed by atoms with Gasteiger partial charge in [0.2, 0.25) is 0 Å². The number of aromatic nitrogens is 2. The minimum Gasteiger partial charge on any atom is -0.487 e. The third kappa shape index (κ3) is 6.43. The van der Waals surface area contributed by atoms with Crippen LogP contribution in [0.15, 0.2) is 79.1 Å². The Morgan fingerprint density at radius 1 is 0.966 bits per heavy atom. The lowest BCUT2D eigenvalue weighted by atomic mass is 10.1. The molecule has 0 bridgehead atoms. The topological polar surface area (TPSA) is 61.2 Å². The Kier molecular flexibility index (Phi) is 6.90. The molecule has 0 unspecified atom stereocenters. The summed E-state index contributed by atoms with van der Waals surface area (Å²) in [4.78, 5) is 28.1. The number of rotatable bonds is 9. The van der Waals surface area contributed by atoms with Gasteiger partial charge in [-0.3, -0.25) is 14.6 Å². The lowest BCUT2D eigenvalue weighted by molar-refractivity contribution is -0.121. The smallest absolute Gasteiger partial charge is 0.163 e. The number of carbonyl (C=O) groups excluding carboxylic acids is 2. The molecule has 0 aliphatic carbocycles. The zero-order chi connectivity index (χ0) is 20.5. The van der Waals surface area contributed by atoms with Crippen LogP contribution in [0.5, 0.6) is 5.75 Å². The fourth-order valence-electron chi connectivity index (χ4n) is 2.62. The molecule has 2 heterocycles. The maximum Gasteiger partial charge on any atom is 0.163 e. The van der Waals surface area contributed by atoms with Gasteiger partial charge in [-0.05, 0) is 60.2 Å². The first-order chi connectivity index (χ1) is 14.1. The lowest BCUT2D eigenvalue weighted by Gasteiger charge is -2.05. The fourth-order valence-corrected chi connectivity index (χ4v) is 2.62. The standard InChI is InChI=1S/C24H22N2O3/c1-26-16-4-6-21(26)10-12-23(28)17-22(27)11-7-19-8-13-24(14-9-19)29-18-20-5-2-3-15-25-20/h2-16H,17-18H2,1H3. The molecule has 0 aliphatic heterocycles. The third-order valence-electron chi connectivity index (χ3n) is 4.23. The second-order valence-corrected chi connectivity index (χ2v) is 6.50. The molecule has 2 aromatic heterocycles. The van der Waals surface area contributed by atoms with Crippen molar-refractivity contribution in [2.45, 2.75) is 13.0 Å². The summed E-state index contributed by atoms with van der Waals surface area (Å²) in [6, 6.07) is 16.9. The predicted octanol–water partition coefficient (Wildman–Crippen LogP) is 4.25. The molecule has 0 radical (unpaired) electrons. The van der Waals surface area contributed by atoms with E-state index in [1.54, 1.807) is 18.3 Å². The van der Waals surface area contributed by atoms with Crippen LogP contribution in [-0.2, 0) is 23.2 Å². The van der Waals surface area contributed by atoms with Crippen LogP contribution in [0.1, 0.15) is 23.4 Å². The SMILES string of the molecule is Cn1cccc1C=CC(=O)CC(=O)C=Cc1ccc(OCc2ccccn2)cc1. The molecule has 0 atom stereocenters. The van der Waals surface area contributed by atoms with Gasteiger partial charge in [0.1, 0.15) is 12.4 Å². The molecule has 3 aromatic rings. The van der Waals surface area contributed by atoms with Crippen LogP contribution in [0, 0.1) is 0 Å². The second-order valence-electron chi connectivity index (χ2n) is 6.50. The van der Waals surface area contributed by atoms with Crippen LogP contribution in [-0.4, -0.2) is 21.1 Å². The van der Waals surface area contributed by atoms with Crippen molar-refractivity contribution in [3.05, 3.63) is 96.1 Å². The molecule has 3 rings (SSSR count).